The molecule has 4 atom stereocenters. The summed E-state index contributed by atoms with van der Waals surface area (Å²) in [5, 5.41) is 5.43. The Kier molecular flexibility index (Phi) is 7.74. The molecule has 1 saturated heterocycles. The van der Waals surface area contributed by atoms with E-state index in [1.54, 1.807) is 13.0 Å². The number of nitrogens with one attached hydrogen (secondary N) is 2. The number of nitrogens with zero attached hydrogens (tertiary/aromatic N) is 1. The third kappa shape index (κ3) is 5.49. The van der Waals surface area contributed by atoms with Gasteiger partial charge in [0.1, 0.15) is 17.6 Å². The van der Waals surface area contributed by atoms with E-state index in [4.69, 9.17) is 9.47 Å². The summed E-state index contributed by atoms with van der Waals surface area (Å²) in [5.74, 6) is -1.30. The molecule has 1 aliphatic heterocycles. The maximum atomic E-state index is 13.4. The zero-order valence-corrected chi connectivity index (χ0v) is 19.7. The Balaban J connectivity index is 0. The second-order valence-electron chi connectivity index (χ2n) is 9.45. The van der Waals surface area contributed by atoms with E-state index >= 15 is 0 Å². The summed E-state index contributed by atoms with van der Waals surface area (Å²) in [6, 6.07) is -1.66. The smallest absolute Gasteiger partial charge is 0.412 e. The number of amides is 3. The van der Waals surface area contributed by atoms with Gasteiger partial charge < -0.3 is 25.0 Å². The number of ether oxygens (including phenoxy) is 2. The summed E-state index contributed by atoms with van der Waals surface area (Å²) in [6.45, 7) is 16.5. The quantitative estimate of drug-likeness (QED) is 0.330. The number of allylic oxidation sites excluding steroid dienone is 1. The average molecular weight is 456 g/mol. The molecule has 0 aromatic carbocycles. The first kappa shape index (κ1) is 25.4. The molecule has 9 heteroatoms. The highest BCUT2D eigenvalue weighted by molar-refractivity contribution is 5.96. The molecule has 0 radical (unpaired) electrons. The predicted molar refractivity (Wildman–Crippen MR) is 125 cm³/mol. The molecule has 2 rings (SSSR count). The van der Waals surface area contributed by atoms with Gasteiger partial charge in [-0.25, -0.2) is 9.59 Å². The van der Waals surface area contributed by atoms with E-state index in [1.165, 1.54) is 11.8 Å². The van der Waals surface area contributed by atoms with Gasteiger partial charge in [-0.3, -0.25) is 9.59 Å². The molecule has 1 unspecified atom stereocenters. The average Bonchev–Trinajstić information content (AvgIpc) is 3.17. The standard InChI is InChI=1S/C23H35N3O6.3H2/c1-8-15-13-23(15,20(29)31-9-2)25-18(27)16-11-10-12-26(16)19(28)17(22(5,6)7)24-21(30)32-14(3)4;;;/h8,15-17H,1,3,9-13H2,2,4-7H3,(H,24,30)(H,25,27);3*1H/t15-,16?,17-,23-;;;/m1.../s1. The number of alkyl carbamates (subject to hydrolysis) is 1. The first-order valence-corrected chi connectivity index (χ1v) is 10.9. The molecule has 0 aromatic heterocycles. The highest BCUT2D eigenvalue weighted by Crippen LogP contribution is 2.45. The molecule has 1 saturated carbocycles. The van der Waals surface area contributed by atoms with Gasteiger partial charge in [-0.15, -0.1) is 6.58 Å². The Labute approximate surface area is 194 Å². The van der Waals surface area contributed by atoms with Crippen LogP contribution in [0.15, 0.2) is 25.0 Å². The van der Waals surface area contributed by atoms with Crippen LogP contribution in [0.5, 0.6) is 0 Å². The van der Waals surface area contributed by atoms with Crippen LogP contribution in [0.2, 0.25) is 0 Å². The van der Waals surface area contributed by atoms with Crippen molar-refractivity contribution in [2.45, 2.75) is 71.5 Å². The number of hydrogen-bond acceptors (Lipinski definition) is 6. The topological polar surface area (TPSA) is 114 Å². The van der Waals surface area contributed by atoms with Crippen molar-refractivity contribution < 1.29 is 32.9 Å². The maximum Gasteiger partial charge on any atom is 0.412 e. The van der Waals surface area contributed by atoms with Crippen molar-refractivity contribution in [2.75, 3.05) is 13.2 Å². The molecule has 184 valence electrons. The van der Waals surface area contributed by atoms with Gasteiger partial charge in [0.05, 0.1) is 12.4 Å². The van der Waals surface area contributed by atoms with Gasteiger partial charge in [-0.2, -0.15) is 0 Å². The van der Waals surface area contributed by atoms with E-state index in [2.05, 4.69) is 23.8 Å². The number of rotatable bonds is 8. The fraction of sp³-hybridized carbons (Fsp3) is 0.652. The van der Waals surface area contributed by atoms with E-state index in [9.17, 15) is 19.2 Å². The number of carbonyl (C=O) groups is 4. The molecule has 3 amide bonds. The van der Waals surface area contributed by atoms with Crippen LogP contribution in [0.4, 0.5) is 4.79 Å². The van der Waals surface area contributed by atoms with Crippen LogP contribution < -0.4 is 10.6 Å². The minimum absolute atomic E-state index is 0. The molecular weight excluding hydrogens is 414 g/mol. The molecule has 0 aromatic rings. The van der Waals surface area contributed by atoms with Crippen molar-refractivity contribution in [3.05, 3.63) is 25.0 Å². The van der Waals surface area contributed by atoms with Gasteiger partial charge in [-0.1, -0.05) is 33.4 Å². The van der Waals surface area contributed by atoms with Crippen molar-refractivity contribution in [1.82, 2.24) is 15.5 Å². The van der Waals surface area contributed by atoms with Gasteiger partial charge in [0.25, 0.3) is 0 Å². The molecule has 32 heavy (non-hydrogen) atoms. The van der Waals surface area contributed by atoms with E-state index in [-0.39, 0.29) is 28.5 Å². The van der Waals surface area contributed by atoms with E-state index < -0.39 is 41.0 Å². The zero-order chi connectivity index (χ0) is 24.3. The number of likely N-dealkylation sites (tertiary alicyclic amines) is 1. The minimum atomic E-state index is -1.13. The fourth-order valence-electron chi connectivity index (χ4n) is 3.99. The van der Waals surface area contributed by atoms with Gasteiger partial charge >= 0.3 is 12.1 Å². The van der Waals surface area contributed by atoms with Crippen molar-refractivity contribution in [2.24, 2.45) is 11.3 Å². The lowest BCUT2D eigenvalue weighted by Gasteiger charge is -2.35. The lowest BCUT2D eigenvalue weighted by atomic mass is 9.85. The van der Waals surface area contributed by atoms with E-state index in [0.29, 0.717) is 25.8 Å². The van der Waals surface area contributed by atoms with Crippen LogP contribution in [0.3, 0.4) is 0 Å². The van der Waals surface area contributed by atoms with Crippen LogP contribution in [-0.2, 0) is 23.9 Å². The third-order valence-electron chi connectivity index (χ3n) is 5.77. The van der Waals surface area contributed by atoms with Gasteiger partial charge in [0.2, 0.25) is 11.8 Å². The van der Waals surface area contributed by atoms with Crippen molar-refractivity contribution in [3.8, 4) is 0 Å². The Morgan fingerprint density at radius 2 is 1.97 bits per heavy atom. The molecule has 0 spiro atoms. The van der Waals surface area contributed by atoms with E-state index in [0.717, 1.165) is 0 Å². The molecular formula is C23H41N3O6. The van der Waals surface area contributed by atoms with Crippen LogP contribution in [0.1, 0.15) is 58.2 Å². The largest absolute Gasteiger partial charge is 0.464 e. The summed E-state index contributed by atoms with van der Waals surface area (Å²) in [4.78, 5) is 52.7. The molecule has 9 nitrogen and oxygen atoms in total. The van der Waals surface area contributed by atoms with Crippen LogP contribution in [-0.4, -0.2) is 59.6 Å². The number of esters is 1. The molecule has 2 N–H and O–H groups in total. The molecule has 2 aliphatic rings. The van der Waals surface area contributed by atoms with Crippen LogP contribution >= 0.6 is 0 Å². The van der Waals surface area contributed by atoms with E-state index in [1.807, 2.05) is 20.8 Å². The summed E-state index contributed by atoms with van der Waals surface area (Å²) in [5.41, 5.74) is -1.76. The third-order valence-corrected chi connectivity index (χ3v) is 5.77. The fourth-order valence-corrected chi connectivity index (χ4v) is 3.99. The summed E-state index contributed by atoms with van der Waals surface area (Å²) < 4.78 is 10.1. The molecule has 0 bridgehead atoms. The number of hydrogen-bond donors (Lipinski definition) is 2. The Hall–Kier alpha value is -2.84. The molecule has 1 aliphatic carbocycles. The second-order valence-corrected chi connectivity index (χ2v) is 9.45. The van der Waals surface area contributed by atoms with Gasteiger partial charge in [0.15, 0.2) is 0 Å². The normalized spacial score (nSPS) is 25.3. The summed E-state index contributed by atoms with van der Waals surface area (Å²) in [7, 11) is 0. The molecule has 2 fully saturated rings. The van der Waals surface area contributed by atoms with Crippen molar-refractivity contribution in [1.29, 1.82) is 0 Å². The van der Waals surface area contributed by atoms with Crippen molar-refractivity contribution >= 4 is 23.9 Å². The SMILES string of the molecule is C=C[C@@H]1C[C@]1(NC(=O)C1CCCN1C(=O)[C@@H](NC(=O)OC(=C)C)C(C)(C)C)C(=O)OCC.[HH].[HH].[HH]. The summed E-state index contributed by atoms with van der Waals surface area (Å²) >= 11 is 0. The van der Waals surface area contributed by atoms with Gasteiger partial charge in [0, 0.05) is 16.7 Å². The summed E-state index contributed by atoms with van der Waals surface area (Å²) in [6.07, 6.45) is 2.36. The van der Waals surface area contributed by atoms with Crippen LogP contribution in [0, 0.1) is 11.3 Å². The zero-order valence-electron chi connectivity index (χ0n) is 19.7. The predicted octanol–water partition coefficient (Wildman–Crippen LogP) is 3.01. The Morgan fingerprint density at radius 1 is 1.31 bits per heavy atom. The first-order chi connectivity index (χ1) is 14.9. The lowest BCUT2D eigenvalue weighted by Crippen LogP contribution is -2.59. The lowest BCUT2D eigenvalue weighted by molar-refractivity contribution is -0.150. The van der Waals surface area contributed by atoms with Crippen molar-refractivity contribution in [3.63, 3.8) is 0 Å². The second kappa shape index (κ2) is 9.75. The van der Waals surface area contributed by atoms with Crippen LogP contribution in [0.25, 0.3) is 0 Å². The highest BCUT2D eigenvalue weighted by Gasteiger charge is 2.61. The Morgan fingerprint density at radius 3 is 2.47 bits per heavy atom. The monoisotopic (exact) mass is 455 g/mol. The number of carbonyl (C=O) groups excluding carboxylic acids is 4. The highest BCUT2D eigenvalue weighted by atomic mass is 16.6. The van der Waals surface area contributed by atoms with Gasteiger partial charge in [-0.05, 0) is 38.5 Å². The minimum Gasteiger partial charge on any atom is -0.464 e. The Bertz CT molecular complexity index is 817. The molecule has 1 heterocycles. The maximum absolute atomic E-state index is 13.4. The first-order valence-electron chi connectivity index (χ1n) is 10.9.